The molecular weight excluding hydrogens is 198 g/mol. The summed E-state index contributed by atoms with van der Waals surface area (Å²) in [5.74, 6) is -0.0694. The first-order valence-corrected chi connectivity index (χ1v) is 5.64. The summed E-state index contributed by atoms with van der Waals surface area (Å²) in [5, 5.41) is 13.0. The van der Waals surface area contributed by atoms with Gasteiger partial charge >= 0.3 is 0 Å². The molecular formula is C10H7NS2. The molecule has 2 aromatic heterocycles. The van der Waals surface area contributed by atoms with Crippen LogP contribution < -0.4 is 0 Å². The molecule has 0 N–H and O–H groups in total. The van der Waals surface area contributed by atoms with Crippen molar-refractivity contribution in [3.8, 4) is 6.07 Å². The van der Waals surface area contributed by atoms with Crippen LogP contribution in [0.15, 0.2) is 35.0 Å². The van der Waals surface area contributed by atoms with Crippen LogP contribution in [0.1, 0.15) is 15.7 Å². The smallest absolute Gasteiger partial charge is 0.115 e. The summed E-state index contributed by atoms with van der Waals surface area (Å²) in [4.78, 5) is 2.26. The van der Waals surface area contributed by atoms with Gasteiger partial charge in [0.2, 0.25) is 0 Å². The molecule has 0 saturated heterocycles. The van der Waals surface area contributed by atoms with Crippen LogP contribution in [-0.4, -0.2) is 0 Å². The Kier molecular flexibility index (Phi) is 2.44. The molecule has 0 amide bonds. The third-order valence-corrected chi connectivity index (χ3v) is 3.66. The number of thiophene rings is 2. The summed E-state index contributed by atoms with van der Waals surface area (Å²) >= 11 is 3.28. The maximum absolute atomic E-state index is 9.03. The highest BCUT2D eigenvalue weighted by molar-refractivity contribution is 7.11. The zero-order valence-corrected chi connectivity index (χ0v) is 8.44. The van der Waals surface area contributed by atoms with Crippen molar-refractivity contribution in [3.63, 3.8) is 0 Å². The number of nitrogens with zero attached hydrogens (tertiary/aromatic N) is 1. The molecule has 0 unspecified atom stereocenters. The van der Waals surface area contributed by atoms with E-state index in [1.54, 1.807) is 22.7 Å². The lowest BCUT2D eigenvalue weighted by Crippen LogP contribution is -1.90. The molecule has 0 spiro atoms. The standard InChI is InChI=1S/C10H7NS2/c11-7-8(9-3-1-5-12-9)10-4-2-6-13-10/h1-6,8H. The fourth-order valence-corrected chi connectivity index (χ4v) is 2.83. The Labute approximate surface area is 84.9 Å². The van der Waals surface area contributed by atoms with Crippen LogP contribution in [0.25, 0.3) is 0 Å². The van der Waals surface area contributed by atoms with E-state index in [1.807, 2.05) is 35.0 Å². The topological polar surface area (TPSA) is 23.8 Å². The van der Waals surface area contributed by atoms with Gasteiger partial charge in [0.15, 0.2) is 0 Å². The zero-order chi connectivity index (χ0) is 9.10. The molecule has 0 aliphatic heterocycles. The maximum atomic E-state index is 9.03. The number of hydrogen-bond donors (Lipinski definition) is 0. The summed E-state index contributed by atoms with van der Waals surface area (Å²) < 4.78 is 0. The second-order valence-electron chi connectivity index (χ2n) is 2.59. The Morgan fingerprint density at radius 1 is 1.08 bits per heavy atom. The Balaban J connectivity index is 2.36. The molecule has 0 saturated carbocycles. The molecule has 0 aliphatic rings. The predicted octanol–water partition coefficient (Wildman–Crippen LogP) is 3.47. The first-order chi connectivity index (χ1) is 6.42. The minimum Gasteiger partial charge on any atom is -0.197 e. The van der Waals surface area contributed by atoms with Crippen LogP contribution in [0.2, 0.25) is 0 Å². The van der Waals surface area contributed by atoms with Crippen LogP contribution in [0.5, 0.6) is 0 Å². The van der Waals surface area contributed by atoms with Gasteiger partial charge in [0.1, 0.15) is 5.92 Å². The predicted molar refractivity (Wildman–Crippen MR) is 56.1 cm³/mol. The van der Waals surface area contributed by atoms with Crippen molar-refractivity contribution in [1.29, 1.82) is 5.26 Å². The summed E-state index contributed by atoms with van der Waals surface area (Å²) in [7, 11) is 0. The summed E-state index contributed by atoms with van der Waals surface area (Å²) in [5.41, 5.74) is 0. The zero-order valence-electron chi connectivity index (χ0n) is 6.81. The van der Waals surface area contributed by atoms with Gasteiger partial charge in [0.25, 0.3) is 0 Å². The molecule has 64 valence electrons. The van der Waals surface area contributed by atoms with E-state index in [0.717, 1.165) is 9.75 Å². The average molecular weight is 205 g/mol. The van der Waals surface area contributed by atoms with Gasteiger partial charge in [0.05, 0.1) is 6.07 Å². The van der Waals surface area contributed by atoms with Crippen LogP contribution >= 0.6 is 22.7 Å². The van der Waals surface area contributed by atoms with Crippen molar-refractivity contribution in [3.05, 3.63) is 44.8 Å². The van der Waals surface area contributed by atoms with Gasteiger partial charge in [-0.05, 0) is 22.9 Å². The minimum absolute atomic E-state index is 0.0694. The van der Waals surface area contributed by atoms with Crippen molar-refractivity contribution in [2.45, 2.75) is 5.92 Å². The molecule has 0 radical (unpaired) electrons. The fraction of sp³-hybridized carbons (Fsp3) is 0.100. The van der Waals surface area contributed by atoms with Crippen LogP contribution in [0.3, 0.4) is 0 Å². The molecule has 0 bridgehead atoms. The van der Waals surface area contributed by atoms with Crippen molar-refractivity contribution in [2.75, 3.05) is 0 Å². The summed E-state index contributed by atoms with van der Waals surface area (Å²) in [6.07, 6.45) is 0. The van der Waals surface area contributed by atoms with Crippen LogP contribution in [-0.2, 0) is 0 Å². The largest absolute Gasteiger partial charge is 0.197 e. The highest BCUT2D eigenvalue weighted by Gasteiger charge is 2.14. The van der Waals surface area contributed by atoms with Gasteiger partial charge in [0, 0.05) is 9.75 Å². The first kappa shape index (κ1) is 8.49. The Hall–Kier alpha value is -1.11. The molecule has 0 atom stereocenters. The molecule has 0 fully saturated rings. The molecule has 2 rings (SSSR count). The number of rotatable bonds is 2. The minimum atomic E-state index is -0.0694. The fourth-order valence-electron chi connectivity index (χ4n) is 1.18. The van der Waals surface area contributed by atoms with Crippen molar-refractivity contribution in [1.82, 2.24) is 0 Å². The quantitative estimate of drug-likeness (QED) is 0.736. The molecule has 1 nitrogen and oxygen atoms in total. The normalized spacial score (nSPS) is 10.2. The molecule has 13 heavy (non-hydrogen) atoms. The van der Waals surface area contributed by atoms with Crippen LogP contribution in [0.4, 0.5) is 0 Å². The Bertz CT molecular complexity index is 360. The SMILES string of the molecule is N#CC(c1cccs1)c1cccs1. The van der Waals surface area contributed by atoms with E-state index in [1.165, 1.54) is 0 Å². The first-order valence-electron chi connectivity index (χ1n) is 3.88. The van der Waals surface area contributed by atoms with E-state index >= 15 is 0 Å². The number of hydrogen-bond acceptors (Lipinski definition) is 3. The molecule has 3 heteroatoms. The molecule has 2 aromatic rings. The summed E-state index contributed by atoms with van der Waals surface area (Å²) in [6, 6.07) is 10.3. The lowest BCUT2D eigenvalue weighted by atomic mass is 10.1. The second-order valence-corrected chi connectivity index (χ2v) is 4.55. The second kappa shape index (κ2) is 3.73. The van der Waals surface area contributed by atoms with Gasteiger partial charge in [-0.3, -0.25) is 0 Å². The number of nitriles is 1. The van der Waals surface area contributed by atoms with E-state index in [4.69, 9.17) is 5.26 Å². The van der Waals surface area contributed by atoms with Crippen molar-refractivity contribution >= 4 is 22.7 Å². The lowest BCUT2D eigenvalue weighted by molar-refractivity contribution is 1.11. The van der Waals surface area contributed by atoms with E-state index in [0.29, 0.717) is 0 Å². The summed E-state index contributed by atoms with van der Waals surface area (Å²) in [6.45, 7) is 0. The average Bonchev–Trinajstić information content (AvgIpc) is 2.76. The van der Waals surface area contributed by atoms with Gasteiger partial charge in [-0.15, -0.1) is 22.7 Å². The molecule has 0 aromatic carbocycles. The molecule has 2 heterocycles. The van der Waals surface area contributed by atoms with Gasteiger partial charge in [-0.1, -0.05) is 12.1 Å². The highest BCUT2D eigenvalue weighted by Crippen LogP contribution is 2.30. The van der Waals surface area contributed by atoms with Crippen molar-refractivity contribution in [2.24, 2.45) is 0 Å². The van der Waals surface area contributed by atoms with Gasteiger partial charge < -0.3 is 0 Å². The molecule has 0 aliphatic carbocycles. The lowest BCUT2D eigenvalue weighted by Gasteiger charge is -2.01. The monoisotopic (exact) mass is 205 g/mol. The van der Waals surface area contributed by atoms with E-state index < -0.39 is 0 Å². The third kappa shape index (κ3) is 1.64. The maximum Gasteiger partial charge on any atom is 0.115 e. The van der Waals surface area contributed by atoms with E-state index in [-0.39, 0.29) is 5.92 Å². The highest BCUT2D eigenvalue weighted by atomic mass is 32.1. The van der Waals surface area contributed by atoms with Gasteiger partial charge in [-0.25, -0.2) is 0 Å². The Morgan fingerprint density at radius 2 is 1.62 bits per heavy atom. The van der Waals surface area contributed by atoms with Crippen molar-refractivity contribution < 1.29 is 0 Å². The van der Waals surface area contributed by atoms with E-state index in [9.17, 15) is 0 Å². The van der Waals surface area contributed by atoms with Crippen LogP contribution in [0, 0.1) is 11.3 Å². The van der Waals surface area contributed by atoms with Gasteiger partial charge in [-0.2, -0.15) is 5.26 Å². The third-order valence-electron chi connectivity index (χ3n) is 1.78. The van der Waals surface area contributed by atoms with E-state index in [2.05, 4.69) is 6.07 Å². The Morgan fingerprint density at radius 3 is 1.92 bits per heavy atom.